The monoisotopic (exact) mass is 410 g/mol. The Morgan fingerprint density at radius 2 is 1.93 bits per heavy atom. The topological polar surface area (TPSA) is 74.7 Å². The quantitative estimate of drug-likeness (QED) is 0.306. The van der Waals surface area contributed by atoms with Crippen molar-refractivity contribution in [3.8, 4) is 22.8 Å². The number of ether oxygens (including phenoxy) is 1. The number of H-pyrrole nitrogens is 1. The lowest BCUT2D eigenvalue weighted by Gasteiger charge is -2.08. The molecule has 0 amide bonds. The molecule has 0 fully saturated rings. The van der Waals surface area contributed by atoms with Crippen molar-refractivity contribution in [3.63, 3.8) is 0 Å². The summed E-state index contributed by atoms with van der Waals surface area (Å²) in [4.78, 5) is 19.9. The Morgan fingerprint density at radius 3 is 2.55 bits per heavy atom. The van der Waals surface area contributed by atoms with E-state index in [9.17, 15) is 9.90 Å². The normalized spacial score (nSPS) is 12.4. The predicted molar refractivity (Wildman–Crippen MR) is 119 cm³/mol. The summed E-state index contributed by atoms with van der Waals surface area (Å²) in [5.74, 6) is 0.331. The van der Waals surface area contributed by atoms with Crippen molar-refractivity contribution in [1.82, 2.24) is 4.98 Å². The van der Waals surface area contributed by atoms with Gasteiger partial charge in [-0.1, -0.05) is 23.7 Å². The summed E-state index contributed by atoms with van der Waals surface area (Å²) in [5.41, 5.74) is 3.69. The molecular weight excluding hydrogens is 388 g/mol. The molecule has 0 saturated carbocycles. The number of carbonyl (C=O) groups is 1. The summed E-state index contributed by atoms with van der Waals surface area (Å²) in [5, 5.41) is 11.5. The maximum Gasteiger partial charge on any atom is 0.200 e. The lowest BCUT2D eigenvalue weighted by molar-refractivity contribution is 0.103. The van der Waals surface area contributed by atoms with E-state index in [1.165, 1.54) is 0 Å². The van der Waals surface area contributed by atoms with Gasteiger partial charge < -0.3 is 14.8 Å². The van der Waals surface area contributed by atoms with Crippen LogP contribution in [0.25, 0.3) is 22.0 Å². The first-order valence-corrected chi connectivity index (χ1v) is 9.67. The third-order valence-corrected chi connectivity index (χ3v) is 5.02. The molecule has 5 nitrogen and oxygen atoms in total. The number of benzene rings is 2. The number of ketones is 1. The van der Waals surface area contributed by atoms with Gasteiger partial charge in [0, 0.05) is 23.7 Å². The molecule has 0 atom stereocenters. The van der Waals surface area contributed by atoms with E-state index in [0.717, 1.165) is 22.6 Å². The highest BCUT2D eigenvalue weighted by molar-refractivity contribution is 6.34. The highest BCUT2D eigenvalue weighted by Gasteiger charge is 2.21. The molecule has 0 aliphatic rings. The second kappa shape index (κ2) is 8.53. The minimum atomic E-state index is -0.267. The Morgan fingerprint density at radius 1 is 1.24 bits per heavy atom. The summed E-state index contributed by atoms with van der Waals surface area (Å²) in [7, 11) is 1.66. The number of nitrogens with one attached hydrogen (secondary N) is 1. The lowest BCUT2D eigenvalue weighted by Crippen LogP contribution is -2.02. The van der Waals surface area contributed by atoms with Gasteiger partial charge in [0.05, 0.1) is 22.7 Å². The first-order valence-electron chi connectivity index (χ1n) is 9.29. The Bertz CT molecular complexity index is 1130. The largest absolute Gasteiger partial charge is 0.494 e. The van der Waals surface area contributed by atoms with Crippen LogP contribution in [0, 0.1) is 0 Å². The molecular formula is C23H23ClN2O3. The van der Waals surface area contributed by atoms with Crippen LogP contribution in [0.4, 0.5) is 0 Å². The average Bonchev–Trinajstić information content (AvgIpc) is 3.01. The van der Waals surface area contributed by atoms with E-state index in [1.54, 1.807) is 26.1 Å². The Kier molecular flexibility index (Phi) is 6.09. The molecule has 0 bridgehead atoms. The van der Waals surface area contributed by atoms with E-state index in [2.05, 4.69) is 9.98 Å². The molecule has 6 heteroatoms. The van der Waals surface area contributed by atoms with Gasteiger partial charge in [-0.05, 0) is 62.2 Å². The summed E-state index contributed by atoms with van der Waals surface area (Å²) >= 11 is 6.49. The number of Topliss-reactive ketones (excluding diaryl/α,β-unsaturated/α-hetero) is 1. The Labute approximate surface area is 174 Å². The molecule has 29 heavy (non-hydrogen) atoms. The maximum atomic E-state index is 13.0. The van der Waals surface area contributed by atoms with Crippen LogP contribution >= 0.6 is 11.6 Å². The molecule has 3 aromatic rings. The Balaban J connectivity index is 2.12. The van der Waals surface area contributed by atoms with Crippen LogP contribution in [0.5, 0.6) is 11.6 Å². The van der Waals surface area contributed by atoms with Gasteiger partial charge in [0.1, 0.15) is 5.75 Å². The third-order valence-electron chi connectivity index (χ3n) is 4.71. The molecule has 150 valence electrons. The number of fused-ring (bicyclic) bond motifs is 1. The number of hydrogen-bond donors (Lipinski definition) is 2. The van der Waals surface area contributed by atoms with Gasteiger partial charge in [0.15, 0.2) is 5.78 Å². The van der Waals surface area contributed by atoms with Crippen molar-refractivity contribution in [3.05, 3.63) is 58.6 Å². The van der Waals surface area contributed by atoms with Crippen LogP contribution in [0.3, 0.4) is 0 Å². The third kappa shape index (κ3) is 4.20. The zero-order valence-corrected chi connectivity index (χ0v) is 17.6. The number of aliphatic imine (C=N–C) groups is 1. The first-order chi connectivity index (χ1) is 13.8. The van der Waals surface area contributed by atoms with E-state index in [4.69, 9.17) is 16.3 Å². The van der Waals surface area contributed by atoms with E-state index in [0.29, 0.717) is 28.1 Å². The zero-order chi connectivity index (χ0) is 21.1. The van der Waals surface area contributed by atoms with Crippen LogP contribution in [0.15, 0.2) is 53.0 Å². The number of aromatic amines is 1. The fourth-order valence-electron chi connectivity index (χ4n) is 3.19. The molecule has 1 aromatic heterocycles. The molecule has 2 aromatic carbocycles. The molecule has 0 spiro atoms. The number of aromatic hydroxyl groups is 1. The van der Waals surface area contributed by atoms with Gasteiger partial charge in [0.2, 0.25) is 5.88 Å². The molecule has 0 aliphatic heterocycles. The molecule has 1 heterocycles. The van der Waals surface area contributed by atoms with Crippen molar-refractivity contribution in [2.24, 2.45) is 4.99 Å². The second-order valence-electron chi connectivity index (χ2n) is 6.71. The molecule has 0 aliphatic carbocycles. The van der Waals surface area contributed by atoms with Gasteiger partial charge in [-0.2, -0.15) is 0 Å². The molecule has 2 N–H and O–H groups in total. The predicted octanol–water partition coefficient (Wildman–Crippen LogP) is 5.81. The maximum absolute atomic E-state index is 13.0. The highest BCUT2D eigenvalue weighted by atomic mass is 35.5. The van der Waals surface area contributed by atoms with Gasteiger partial charge in [-0.25, -0.2) is 0 Å². The standard InChI is InChI=1S/C23H23ClN2O3/c1-5-29-16-8-6-15(7-9-16)17-11-18-20(12-19(17)24)26-23(28)21(18)22(27)13(2)10-14(3)25-4/h6-12,26,28H,5H2,1-4H3. The van der Waals surface area contributed by atoms with Crippen molar-refractivity contribution in [2.45, 2.75) is 20.8 Å². The molecule has 0 radical (unpaired) electrons. The minimum Gasteiger partial charge on any atom is -0.494 e. The van der Waals surface area contributed by atoms with Crippen LogP contribution in [0.1, 0.15) is 31.1 Å². The number of hydrogen-bond acceptors (Lipinski definition) is 4. The number of halogens is 1. The van der Waals surface area contributed by atoms with E-state index >= 15 is 0 Å². The summed E-state index contributed by atoms with van der Waals surface area (Å²) in [6.45, 7) is 6.05. The van der Waals surface area contributed by atoms with E-state index in [-0.39, 0.29) is 17.2 Å². The summed E-state index contributed by atoms with van der Waals surface area (Å²) < 4.78 is 5.49. The SMILES string of the molecule is CCOc1ccc(-c2cc3c(C(=O)C(C)=CC(C)=NC)c(O)[nH]c3cc2Cl)cc1. The number of rotatable bonds is 6. The molecule has 3 rings (SSSR count). The van der Waals surface area contributed by atoms with Gasteiger partial charge in [-0.15, -0.1) is 0 Å². The van der Waals surface area contributed by atoms with Gasteiger partial charge in [0.25, 0.3) is 0 Å². The minimum absolute atomic E-state index is 0.177. The number of carbonyl (C=O) groups excluding carboxylic acids is 1. The van der Waals surface area contributed by atoms with Crippen LogP contribution < -0.4 is 4.74 Å². The number of allylic oxidation sites excluding steroid dienone is 2. The van der Waals surface area contributed by atoms with Crippen LogP contribution in [-0.2, 0) is 0 Å². The highest BCUT2D eigenvalue weighted by Crippen LogP contribution is 2.37. The molecule has 0 saturated heterocycles. The summed E-state index contributed by atoms with van der Waals surface area (Å²) in [6.07, 6.45) is 1.70. The smallest absolute Gasteiger partial charge is 0.200 e. The number of aromatic nitrogens is 1. The van der Waals surface area contributed by atoms with Crippen LogP contribution in [-0.4, -0.2) is 35.2 Å². The first kappa shape index (κ1) is 20.7. The summed E-state index contributed by atoms with van der Waals surface area (Å²) in [6, 6.07) is 11.1. The van der Waals surface area contributed by atoms with Gasteiger partial charge >= 0.3 is 0 Å². The average molecular weight is 411 g/mol. The van der Waals surface area contributed by atoms with E-state index < -0.39 is 0 Å². The lowest BCUT2D eigenvalue weighted by atomic mass is 9.98. The van der Waals surface area contributed by atoms with Gasteiger partial charge in [-0.3, -0.25) is 9.79 Å². The fraction of sp³-hybridized carbons (Fsp3) is 0.217. The second-order valence-corrected chi connectivity index (χ2v) is 7.11. The number of nitrogens with zero attached hydrogens (tertiary/aromatic N) is 1. The van der Waals surface area contributed by atoms with Crippen LogP contribution in [0.2, 0.25) is 5.02 Å². The fourth-order valence-corrected chi connectivity index (χ4v) is 3.46. The Hall–Kier alpha value is -3.05. The van der Waals surface area contributed by atoms with Crippen molar-refractivity contribution >= 4 is 34.0 Å². The van der Waals surface area contributed by atoms with Crippen molar-refractivity contribution in [1.29, 1.82) is 0 Å². The van der Waals surface area contributed by atoms with Crippen molar-refractivity contribution < 1.29 is 14.6 Å². The van der Waals surface area contributed by atoms with E-state index in [1.807, 2.05) is 44.2 Å². The zero-order valence-electron chi connectivity index (χ0n) is 16.8. The molecule has 0 unspecified atom stereocenters. The van der Waals surface area contributed by atoms with Crippen molar-refractivity contribution in [2.75, 3.05) is 13.7 Å².